The standard InChI is InChI=1S/9C2H8N2.3ClH.3Co.6HI.3H2O/c9*3-1-2-4;;;;;;;;;;;;;;;/h9*1-4H2;3*1H;;;;6*1H;3*1H2/q;;;;;;;;;;;;3*+3;;;;;;;;;/p-9. The van der Waals surface area contributed by atoms with Crippen molar-refractivity contribution in [2.24, 2.45) is 103 Å². The molecule has 0 aromatic carbocycles. The fourth-order valence-corrected chi connectivity index (χ4v) is 0. The van der Waals surface area contributed by atoms with Crippen LogP contribution in [0.4, 0.5) is 0 Å². The Morgan fingerprint density at radius 1 is 0.157 bits per heavy atom. The zero-order valence-corrected chi connectivity index (χ0v) is 47.4. The van der Waals surface area contributed by atoms with Crippen LogP contribution in [0.15, 0.2) is 0 Å². The SMILES string of the molecule is NCCN.NCCN.NCCN.NCCN.NCCN.NCCN.NCCN.NCCN.NCCN.O.O.O.[Cl-].[Cl-].[Cl-].[Co+3].[Co+3].[Co+3].[I-].[I-].[I-].[I-].[I-].[I-]. The summed E-state index contributed by atoms with van der Waals surface area (Å²) in [4.78, 5) is 0. The van der Waals surface area contributed by atoms with Gasteiger partial charge in [-0.1, -0.05) is 0 Å². The molecule has 0 aromatic rings. The molecule has 0 bridgehead atoms. The van der Waals surface area contributed by atoms with E-state index < -0.39 is 0 Å². The number of nitrogens with two attached hydrogens (primary N) is 18. The Labute approximate surface area is 462 Å². The smallest absolute Gasteiger partial charge is 1.00 e. The third-order valence-corrected chi connectivity index (χ3v) is 1.50. The van der Waals surface area contributed by atoms with Gasteiger partial charge in [-0.15, -0.1) is 0 Å². The molecule has 0 rings (SSSR count). The summed E-state index contributed by atoms with van der Waals surface area (Å²) in [5, 5.41) is 0. The van der Waals surface area contributed by atoms with E-state index in [0.29, 0.717) is 118 Å². The molecule has 0 aromatic heterocycles. The molecule has 0 unspecified atom stereocenters. The van der Waals surface area contributed by atoms with E-state index in [1.807, 2.05) is 0 Å². The molecule has 0 heterocycles. The maximum atomic E-state index is 4.90. The van der Waals surface area contributed by atoms with E-state index in [4.69, 9.17) is 103 Å². The van der Waals surface area contributed by atoms with Gasteiger partial charge in [-0.05, 0) is 0 Å². The van der Waals surface area contributed by atoms with E-state index in [0.717, 1.165) is 0 Å². The second kappa shape index (κ2) is 295. The van der Waals surface area contributed by atoms with Crippen molar-refractivity contribution in [3.63, 3.8) is 0 Å². The monoisotopic (exact) mass is 1640 g/mol. The molecule has 0 saturated heterocycles. The van der Waals surface area contributed by atoms with Gasteiger partial charge in [0.25, 0.3) is 0 Å². The summed E-state index contributed by atoms with van der Waals surface area (Å²) in [6.45, 7) is 10.7. The Morgan fingerprint density at radius 2 is 0.176 bits per heavy atom. The van der Waals surface area contributed by atoms with Crippen LogP contribution >= 0.6 is 0 Å². The van der Waals surface area contributed by atoms with Crippen LogP contribution in [0.3, 0.4) is 0 Å². The first kappa shape index (κ1) is 164. The molecule has 33 heteroatoms. The van der Waals surface area contributed by atoms with Crippen molar-refractivity contribution in [1.82, 2.24) is 0 Å². The van der Waals surface area contributed by atoms with E-state index in [-0.39, 0.29) is 248 Å². The fraction of sp³-hybridized carbons (Fsp3) is 1.00. The summed E-state index contributed by atoms with van der Waals surface area (Å²) >= 11 is 0. The molecule has 0 radical (unpaired) electrons. The zero-order chi connectivity index (χ0) is 30.7. The molecule has 0 aliphatic heterocycles. The van der Waals surface area contributed by atoms with Crippen LogP contribution in [0.5, 0.6) is 0 Å². The van der Waals surface area contributed by atoms with Crippen molar-refractivity contribution in [3.8, 4) is 0 Å². The van der Waals surface area contributed by atoms with Crippen LogP contribution in [0, 0.1) is 0 Å². The maximum Gasteiger partial charge on any atom is 3.00 e. The van der Waals surface area contributed by atoms with E-state index in [1.165, 1.54) is 0 Å². The predicted octanol–water partition coefficient (Wildman–Crippen LogP) is -39.3. The normalized spacial score (nSPS) is 5.29. The first-order valence-corrected chi connectivity index (χ1v) is 11.8. The average molecular weight is 1640 g/mol. The van der Waals surface area contributed by atoms with Gasteiger partial charge >= 0.3 is 50.3 Å². The van der Waals surface area contributed by atoms with Gasteiger partial charge in [0.2, 0.25) is 0 Å². The van der Waals surface area contributed by atoms with Crippen LogP contribution < -0.4 is 284 Å². The molecule has 0 atom stereocenters. The topological polar surface area (TPSA) is 563 Å². The Kier molecular flexibility index (Phi) is 949. The van der Waals surface area contributed by atoms with Crippen molar-refractivity contribution in [2.45, 2.75) is 0 Å². The molecule has 0 fully saturated rings. The van der Waals surface area contributed by atoms with Crippen LogP contribution in [0.2, 0.25) is 0 Å². The quantitative estimate of drug-likeness (QED) is 0.0953. The van der Waals surface area contributed by atoms with Crippen molar-refractivity contribution >= 4 is 0 Å². The molecule has 21 nitrogen and oxygen atoms in total. The maximum absolute atomic E-state index is 4.90. The largest absolute Gasteiger partial charge is 3.00 e. The molecular weight excluding hydrogens is 1560 g/mol. The number of rotatable bonds is 9. The number of halogens is 9. The molecule has 348 valence electrons. The average Bonchev–Trinajstić information content (AvgIpc) is 2.97. The van der Waals surface area contributed by atoms with Crippen molar-refractivity contribution in [1.29, 1.82) is 0 Å². The summed E-state index contributed by atoms with van der Waals surface area (Å²) in [7, 11) is 0. The minimum absolute atomic E-state index is 0. The van der Waals surface area contributed by atoms with Gasteiger partial charge in [0.05, 0.1) is 0 Å². The van der Waals surface area contributed by atoms with Gasteiger partial charge in [-0.3, -0.25) is 0 Å². The first-order chi connectivity index (χ1) is 17.2. The predicted molar refractivity (Wildman–Crippen MR) is 174 cm³/mol. The minimum Gasteiger partial charge on any atom is -1.00 e. The summed E-state index contributed by atoms with van der Waals surface area (Å²) in [6.07, 6.45) is 0. The summed E-state index contributed by atoms with van der Waals surface area (Å²) in [5.41, 5.74) is 88.2. The molecule has 0 aliphatic carbocycles. The fourth-order valence-electron chi connectivity index (χ4n) is 0. The minimum atomic E-state index is 0. The second-order valence-electron chi connectivity index (χ2n) is 5.20. The van der Waals surface area contributed by atoms with Crippen molar-refractivity contribution in [3.05, 3.63) is 0 Å². The zero-order valence-electron chi connectivity index (χ0n) is 29.0. The summed E-state index contributed by atoms with van der Waals surface area (Å²) < 4.78 is 0. The summed E-state index contributed by atoms with van der Waals surface area (Å²) in [6, 6.07) is 0. The van der Waals surface area contributed by atoms with E-state index >= 15 is 0 Å². The Morgan fingerprint density at radius 3 is 0.176 bits per heavy atom. The van der Waals surface area contributed by atoms with Gasteiger partial charge in [-0.2, -0.15) is 0 Å². The summed E-state index contributed by atoms with van der Waals surface area (Å²) in [5.74, 6) is 0. The third kappa shape index (κ3) is 730. The first-order valence-electron chi connectivity index (χ1n) is 11.8. The molecule has 51 heavy (non-hydrogen) atoms. The second-order valence-corrected chi connectivity index (χ2v) is 5.20. The van der Waals surface area contributed by atoms with Crippen molar-refractivity contribution in [2.75, 3.05) is 118 Å². The van der Waals surface area contributed by atoms with Crippen molar-refractivity contribution < 1.29 is 248 Å². The van der Waals surface area contributed by atoms with E-state index in [1.54, 1.807) is 0 Å². The van der Waals surface area contributed by atoms with Gasteiger partial charge in [0, 0.05) is 118 Å². The number of hydrogen-bond donors (Lipinski definition) is 18. The molecule has 0 saturated carbocycles. The van der Waals surface area contributed by atoms with Crippen LogP contribution in [0.1, 0.15) is 0 Å². The molecule has 0 spiro atoms. The van der Waals surface area contributed by atoms with Crippen LogP contribution in [-0.2, 0) is 50.3 Å². The van der Waals surface area contributed by atoms with Gasteiger partial charge < -0.3 is 301 Å². The van der Waals surface area contributed by atoms with Crippen LogP contribution in [0.25, 0.3) is 0 Å². The molecular formula is C18H78Cl3Co3I6N18O3. The van der Waals surface area contributed by atoms with Gasteiger partial charge in [0.1, 0.15) is 0 Å². The third-order valence-electron chi connectivity index (χ3n) is 1.50. The Balaban J connectivity index is -0.00000000705. The van der Waals surface area contributed by atoms with E-state index in [2.05, 4.69) is 0 Å². The molecule has 0 aliphatic rings. The number of hydrogen-bond acceptors (Lipinski definition) is 18. The molecule has 42 N–H and O–H groups in total. The molecule has 0 amide bonds. The Hall–Kier alpha value is 5.93. The van der Waals surface area contributed by atoms with E-state index in [9.17, 15) is 0 Å². The Bertz CT molecular complexity index is 184. The van der Waals surface area contributed by atoms with Gasteiger partial charge in [-0.25, -0.2) is 0 Å². The van der Waals surface area contributed by atoms with Gasteiger partial charge in [0.15, 0.2) is 0 Å². The van der Waals surface area contributed by atoms with Crippen LogP contribution in [-0.4, -0.2) is 134 Å².